The van der Waals surface area contributed by atoms with Gasteiger partial charge in [0.15, 0.2) is 6.10 Å². The van der Waals surface area contributed by atoms with Crippen LogP contribution in [0, 0.1) is 0 Å². The molecular weight excluding hydrogens is 308 g/mol. The lowest BCUT2D eigenvalue weighted by molar-refractivity contribution is -0.127. The molecule has 1 aliphatic heterocycles. The van der Waals surface area contributed by atoms with Gasteiger partial charge < -0.3 is 15.0 Å². The maximum atomic E-state index is 12.3. The number of nitrogens with one attached hydrogen (secondary N) is 1. The molecule has 0 radical (unpaired) electrons. The first-order chi connectivity index (χ1) is 11.2. The lowest BCUT2D eigenvalue weighted by Gasteiger charge is -2.33. The molecule has 126 valence electrons. The molecular formula is C18H26N2O2S. The lowest BCUT2D eigenvalue weighted by Crippen LogP contribution is -2.48. The van der Waals surface area contributed by atoms with Gasteiger partial charge in [0.2, 0.25) is 0 Å². The van der Waals surface area contributed by atoms with Crippen LogP contribution in [0.4, 0.5) is 5.69 Å². The van der Waals surface area contributed by atoms with Crippen LogP contribution in [-0.2, 0) is 4.79 Å². The Morgan fingerprint density at radius 1 is 1.30 bits per heavy atom. The first-order valence-electron chi connectivity index (χ1n) is 8.60. The smallest absolute Gasteiger partial charge is 0.262 e. The van der Waals surface area contributed by atoms with E-state index in [1.54, 1.807) is 0 Å². The minimum absolute atomic E-state index is 0.00408. The number of nitrogens with zero attached hydrogens (tertiary/aromatic N) is 1. The zero-order chi connectivity index (χ0) is 16.1. The van der Waals surface area contributed by atoms with E-state index in [9.17, 15) is 4.79 Å². The molecule has 1 N–H and O–H groups in total. The highest BCUT2D eigenvalue weighted by Crippen LogP contribution is 2.32. The molecule has 4 nitrogen and oxygen atoms in total. The molecule has 5 heteroatoms. The largest absolute Gasteiger partial charge is 0.477 e. The predicted molar refractivity (Wildman–Crippen MR) is 96.5 cm³/mol. The SMILES string of the molecule is CN1C[C@H](C(=O)NCCSC2CCCCC2)Oc2ccccc21. The van der Waals surface area contributed by atoms with E-state index < -0.39 is 6.10 Å². The van der Waals surface area contributed by atoms with Gasteiger partial charge in [0, 0.05) is 24.6 Å². The summed E-state index contributed by atoms with van der Waals surface area (Å²) in [6.07, 6.45) is 6.38. The van der Waals surface area contributed by atoms with Crippen LogP contribution in [0.2, 0.25) is 0 Å². The van der Waals surface area contributed by atoms with Crippen molar-refractivity contribution in [2.45, 2.75) is 43.5 Å². The minimum atomic E-state index is -0.422. The predicted octanol–water partition coefficient (Wildman–Crippen LogP) is 3.07. The summed E-state index contributed by atoms with van der Waals surface area (Å²) in [5, 5.41) is 3.83. The first-order valence-corrected chi connectivity index (χ1v) is 9.65. The maximum Gasteiger partial charge on any atom is 0.262 e. The van der Waals surface area contributed by atoms with Gasteiger partial charge in [-0.15, -0.1) is 0 Å². The third-order valence-electron chi connectivity index (χ3n) is 4.58. The number of ether oxygens (including phenoxy) is 1. The Balaban J connectivity index is 1.42. The van der Waals surface area contributed by atoms with Gasteiger partial charge in [-0.05, 0) is 25.0 Å². The monoisotopic (exact) mass is 334 g/mol. The van der Waals surface area contributed by atoms with Gasteiger partial charge in [-0.3, -0.25) is 4.79 Å². The van der Waals surface area contributed by atoms with E-state index >= 15 is 0 Å². The van der Waals surface area contributed by atoms with Crippen molar-refractivity contribution in [3.8, 4) is 5.75 Å². The number of thioether (sulfide) groups is 1. The number of anilines is 1. The molecule has 1 aliphatic carbocycles. The van der Waals surface area contributed by atoms with Crippen LogP contribution in [-0.4, -0.2) is 43.2 Å². The van der Waals surface area contributed by atoms with E-state index in [1.165, 1.54) is 32.1 Å². The van der Waals surface area contributed by atoms with E-state index in [-0.39, 0.29) is 5.91 Å². The highest BCUT2D eigenvalue weighted by atomic mass is 32.2. The van der Waals surface area contributed by atoms with Crippen molar-refractivity contribution in [1.29, 1.82) is 0 Å². The fourth-order valence-corrected chi connectivity index (χ4v) is 4.51. The summed E-state index contributed by atoms with van der Waals surface area (Å²) in [7, 11) is 2.00. The number of fused-ring (bicyclic) bond motifs is 1. The quantitative estimate of drug-likeness (QED) is 0.840. The Morgan fingerprint density at radius 2 is 2.09 bits per heavy atom. The first kappa shape index (κ1) is 16.5. The Bertz CT molecular complexity index is 532. The second-order valence-corrected chi connectivity index (χ2v) is 7.78. The second kappa shape index (κ2) is 7.95. The van der Waals surface area contributed by atoms with Crippen LogP contribution in [0.25, 0.3) is 0 Å². The van der Waals surface area contributed by atoms with Crippen molar-refractivity contribution in [1.82, 2.24) is 5.32 Å². The Kier molecular flexibility index (Phi) is 5.70. The molecule has 2 aliphatic rings. The van der Waals surface area contributed by atoms with E-state index in [2.05, 4.69) is 10.2 Å². The van der Waals surface area contributed by atoms with Crippen molar-refractivity contribution in [2.24, 2.45) is 0 Å². The number of rotatable bonds is 5. The number of carbonyl (C=O) groups excluding carboxylic acids is 1. The summed E-state index contributed by atoms with van der Waals surface area (Å²) < 4.78 is 5.85. The third kappa shape index (κ3) is 4.34. The molecule has 0 aromatic heterocycles. The minimum Gasteiger partial charge on any atom is -0.477 e. The van der Waals surface area contributed by atoms with Crippen LogP contribution < -0.4 is 15.0 Å². The summed E-state index contributed by atoms with van der Waals surface area (Å²) in [6, 6.07) is 7.86. The summed E-state index contributed by atoms with van der Waals surface area (Å²) >= 11 is 2.01. The maximum absolute atomic E-state index is 12.3. The number of para-hydroxylation sites is 2. The van der Waals surface area contributed by atoms with Gasteiger partial charge in [0.1, 0.15) is 5.75 Å². The number of carbonyl (C=O) groups is 1. The standard InChI is InChI=1S/C18H26N2O2S/c1-20-13-17(22-16-10-6-5-9-15(16)20)18(21)19-11-12-23-14-7-3-2-4-8-14/h5-6,9-10,14,17H,2-4,7-8,11-13H2,1H3,(H,19,21)/t17-/m1/s1. The number of hydrogen-bond acceptors (Lipinski definition) is 4. The van der Waals surface area contributed by atoms with Gasteiger partial charge >= 0.3 is 0 Å². The zero-order valence-electron chi connectivity index (χ0n) is 13.8. The highest BCUT2D eigenvalue weighted by Gasteiger charge is 2.28. The third-order valence-corrected chi connectivity index (χ3v) is 5.97. The molecule has 1 atom stereocenters. The van der Waals surface area contributed by atoms with E-state index in [0.717, 1.165) is 29.0 Å². The molecule has 0 bridgehead atoms. The number of likely N-dealkylation sites (N-methyl/N-ethyl adjacent to an activating group) is 1. The van der Waals surface area contributed by atoms with Crippen molar-refractivity contribution in [3.05, 3.63) is 24.3 Å². The van der Waals surface area contributed by atoms with Gasteiger partial charge in [-0.25, -0.2) is 0 Å². The van der Waals surface area contributed by atoms with Crippen LogP contribution in [0.3, 0.4) is 0 Å². The van der Waals surface area contributed by atoms with E-state index in [0.29, 0.717) is 6.54 Å². The summed E-state index contributed by atoms with van der Waals surface area (Å²) in [6.45, 7) is 1.32. The van der Waals surface area contributed by atoms with Crippen molar-refractivity contribution in [3.63, 3.8) is 0 Å². The van der Waals surface area contributed by atoms with Crippen molar-refractivity contribution in [2.75, 3.05) is 30.8 Å². The average molecular weight is 334 g/mol. The summed E-state index contributed by atoms with van der Waals surface area (Å²) in [5.74, 6) is 1.78. The Hall–Kier alpha value is -1.36. The van der Waals surface area contributed by atoms with Gasteiger partial charge in [0.05, 0.1) is 12.2 Å². The number of hydrogen-bond donors (Lipinski definition) is 1. The molecule has 0 spiro atoms. The van der Waals surface area contributed by atoms with Gasteiger partial charge in [-0.2, -0.15) is 11.8 Å². The molecule has 0 saturated heterocycles. The normalized spacial score (nSPS) is 21.4. The molecule has 1 heterocycles. The van der Waals surface area contributed by atoms with Crippen LogP contribution in [0.5, 0.6) is 5.75 Å². The number of amides is 1. The average Bonchev–Trinajstić information content (AvgIpc) is 2.59. The highest BCUT2D eigenvalue weighted by molar-refractivity contribution is 7.99. The van der Waals surface area contributed by atoms with Crippen LogP contribution >= 0.6 is 11.8 Å². The number of benzene rings is 1. The van der Waals surface area contributed by atoms with Crippen molar-refractivity contribution >= 4 is 23.4 Å². The van der Waals surface area contributed by atoms with Crippen LogP contribution in [0.1, 0.15) is 32.1 Å². The molecule has 0 unspecified atom stereocenters. The molecule has 23 heavy (non-hydrogen) atoms. The van der Waals surface area contributed by atoms with Crippen molar-refractivity contribution < 1.29 is 9.53 Å². The zero-order valence-corrected chi connectivity index (χ0v) is 14.6. The Labute approximate surface area is 143 Å². The fraction of sp³-hybridized carbons (Fsp3) is 0.611. The lowest BCUT2D eigenvalue weighted by atomic mass is 10.0. The summed E-state index contributed by atoms with van der Waals surface area (Å²) in [5.41, 5.74) is 1.05. The summed E-state index contributed by atoms with van der Waals surface area (Å²) in [4.78, 5) is 14.4. The van der Waals surface area contributed by atoms with Gasteiger partial charge in [-0.1, -0.05) is 31.4 Å². The van der Waals surface area contributed by atoms with Crippen LogP contribution in [0.15, 0.2) is 24.3 Å². The molecule has 3 rings (SSSR count). The molecule has 1 amide bonds. The fourth-order valence-electron chi connectivity index (χ4n) is 3.29. The molecule has 1 saturated carbocycles. The second-order valence-electron chi connectivity index (χ2n) is 6.38. The molecule has 1 aromatic rings. The van der Waals surface area contributed by atoms with Gasteiger partial charge in [0.25, 0.3) is 5.91 Å². The molecule has 1 aromatic carbocycles. The topological polar surface area (TPSA) is 41.6 Å². The van der Waals surface area contributed by atoms with E-state index in [4.69, 9.17) is 4.74 Å². The Morgan fingerprint density at radius 3 is 2.91 bits per heavy atom. The van der Waals surface area contributed by atoms with E-state index in [1.807, 2.05) is 43.1 Å². The molecule has 1 fully saturated rings.